The Balaban J connectivity index is 1.80. The third kappa shape index (κ3) is 3.60. The molecular weight excluding hydrogens is 318 g/mol. The highest BCUT2D eigenvalue weighted by Crippen LogP contribution is 2.27. The normalized spacial score (nSPS) is 10.7. The molecule has 0 saturated heterocycles. The van der Waals surface area contributed by atoms with Gasteiger partial charge in [0.15, 0.2) is 0 Å². The zero-order chi connectivity index (χ0) is 18.0. The number of furan rings is 1. The van der Waals surface area contributed by atoms with Gasteiger partial charge in [-0.1, -0.05) is 0 Å². The lowest BCUT2D eigenvalue weighted by Crippen LogP contribution is -2.14. The molecule has 0 atom stereocenters. The Hall–Kier alpha value is -2.95. The fraction of sp³-hybridized carbons (Fsp3) is 0.250. The molecule has 0 saturated carbocycles. The Kier molecular flexibility index (Phi) is 4.65. The molecule has 1 N–H and O–H groups in total. The van der Waals surface area contributed by atoms with E-state index in [1.165, 1.54) is 11.1 Å². The molecule has 0 fully saturated rings. The Morgan fingerprint density at radius 3 is 2.28 bits per heavy atom. The number of carbonyl (C=O) groups is 1. The molecule has 1 aromatic heterocycles. The van der Waals surface area contributed by atoms with Gasteiger partial charge in [-0.15, -0.1) is 0 Å². The highest BCUT2D eigenvalue weighted by atomic mass is 16.5. The third-order valence-electron chi connectivity index (χ3n) is 4.26. The molecule has 0 aliphatic carbocycles. The van der Waals surface area contributed by atoms with Gasteiger partial charge >= 0.3 is 0 Å². The fourth-order valence-corrected chi connectivity index (χ4v) is 2.73. The first-order valence-corrected chi connectivity index (χ1v) is 8.00. The highest BCUT2D eigenvalue weighted by Gasteiger charge is 2.13. The Morgan fingerprint density at radius 2 is 1.64 bits per heavy atom. The summed E-state index contributed by atoms with van der Waals surface area (Å²) in [6, 6.07) is 9.32. The summed E-state index contributed by atoms with van der Waals surface area (Å²) in [7, 11) is 3.14. The smallest absolute Gasteiger partial charge is 0.228 e. The second-order valence-electron chi connectivity index (χ2n) is 6.02. The van der Waals surface area contributed by atoms with E-state index in [2.05, 4.69) is 11.4 Å². The van der Waals surface area contributed by atoms with E-state index < -0.39 is 0 Å². The molecule has 0 aliphatic heterocycles. The van der Waals surface area contributed by atoms with Crippen molar-refractivity contribution in [2.45, 2.75) is 20.3 Å². The monoisotopic (exact) mass is 339 g/mol. The molecule has 130 valence electrons. The second-order valence-corrected chi connectivity index (χ2v) is 6.02. The van der Waals surface area contributed by atoms with Gasteiger partial charge < -0.3 is 19.2 Å². The van der Waals surface area contributed by atoms with Crippen LogP contribution in [-0.4, -0.2) is 20.1 Å². The molecule has 1 heterocycles. The van der Waals surface area contributed by atoms with Crippen LogP contribution in [-0.2, 0) is 11.2 Å². The van der Waals surface area contributed by atoms with Gasteiger partial charge in [0.25, 0.3) is 0 Å². The van der Waals surface area contributed by atoms with Crippen LogP contribution < -0.4 is 14.8 Å². The molecule has 0 bridgehead atoms. The van der Waals surface area contributed by atoms with Crippen LogP contribution in [0.5, 0.6) is 11.5 Å². The van der Waals surface area contributed by atoms with Crippen LogP contribution in [0.25, 0.3) is 11.0 Å². The first-order chi connectivity index (χ1) is 12.0. The van der Waals surface area contributed by atoms with Crippen molar-refractivity contribution < 1.29 is 18.7 Å². The van der Waals surface area contributed by atoms with E-state index in [4.69, 9.17) is 13.9 Å². The van der Waals surface area contributed by atoms with Crippen molar-refractivity contribution >= 4 is 22.6 Å². The highest BCUT2D eigenvalue weighted by molar-refractivity contribution is 5.95. The van der Waals surface area contributed by atoms with Crippen LogP contribution in [0.2, 0.25) is 0 Å². The minimum atomic E-state index is -0.128. The number of rotatable bonds is 5. The van der Waals surface area contributed by atoms with E-state index in [9.17, 15) is 4.79 Å². The van der Waals surface area contributed by atoms with Gasteiger partial charge in [-0.2, -0.15) is 0 Å². The number of ether oxygens (including phenoxy) is 2. The summed E-state index contributed by atoms with van der Waals surface area (Å²) in [6.45, 7) is 4.09. The zero-order valence-electron chi connectivity index (χ0n) is 14.8. The maximum atomic E-state index is 12.4. The van der Waals surface area contributed by atoms with Gasteiger partial charge in [0, 0.05) is 34.8 Å². The lowest BCUT2D eigenvalue weighted by Gasteiger charge is -2.09. The zero-order valence-corrected chi connectivity index (χ0v) is 14.8. The van der Waals surface area contributed by atoms with Gasteiger partial charge in [0.2, 0.25) is 5.91 Å². The van der Waals surface area contributed by atoms with Crippen molar-refractivity contribution in [2.24, 2.45) is 0 Å². The number of hydrogen-bond donors (Lipinski definition) is 1. The Bertz CT molecular complexity index is 905. The van der Waals surface area contributed by atoms with Crippen molar-refractivity contribution in [3.8, 4) is 11.5 Å². The average molecular weight is 339 g/mol. The van der Waals surface area contributed by atoms with Crippen LogP contribution in [0, 0.1) is 13.8 Å². The van der Waals surface area contributed by atoms with Crippen molar-refractivity contribution in [3.05, 3.63) is 53.3 Å². The molecule has 2 aromatic carbocycles. The largest absolute Gasteiger partial charge is 0.497 e. The first kappa shape index (κ1) is 16.9. The fourth-order valence-electron chi connectivity index (χ4n) is 2.73. The third-order valence-corrected chi connectivity index (χ3v) is 4.26. The van der Waals surface area contributed by atoms with E-state index in [0.29, 0.717) is 17.2 Å². The van der Waals surface area contributed by atoms with Crippen molar-refractivity contribution in [1.29, 1.82) is 0 Å². The summed E-state index contributed by atoms with van der Waals surface area (Å²) in [6.07, 6.45) is 1.88. The number of hydrogen-bond acceptors (Lipinski definition) is 4. The maximum absolute atomic E-state index is 12.4. The molecule has 0 spiro atoms. The van der Waals surface area contributed by atoms with Crippen LogP contribution in [0.15, 0.2) is 41.0 Å². The van der Waals surface area contributed by atoms with Crippen molar-refractivity contribution in [1.82, 2.24) is 0 Å². The van der Waals surface area contributed by atoms with Crippen molar-refractivity contribution in [3.63, 3.8) is 0 Å². The van der Waals surface area contributed by atoms with E-state index in [-0.39, 0.29) is 12.3 Å². The van der Waals surface area contributed by atoms with E-state index in [1.807, 2.05) is 19.9 Å². The van der Waals surface area contributed by atoms with Crippen LogP contribution in [0.4, 0.5) is 5.69 Å². The number of nitrogens with one attached hydrogen (secondary N) is 1. The van der Waals surface area contributed by atoms with Crippen LogP contribution >= 0.6 is 0 Å². The minimum absolute atomic E-state index is 0.128. The van der Waals surface area contributed by atoms with E-state index in [0.717, 1.165) is 16.5 Å². The van der Waals surface area contributed by atoms with Gasteiger partial charge in [0.1, 0.15) is 17.1 Å². The Labute approximate surface area is 146 Å². The summed E-state index contributed by atoms with van der Waals surface area (Å²) >= 11 is 0. The lowest BCUT2D eigenvalue weighted by atomic mass is 10.0. The molecule has 0 unspecified atom stereocenters. The number of methoxy groups -OCH3 is 2. The van der Waals surface area contributed by atoms with Crippen LogP contribution in [0.1, 0.15) is 16.7 Å². The Morgan fingerprint density at radius 1 is 1.00 bits per heavy atom. The quantitative estimate of drug-likeness (QED) is 0.755. The molecule has 0 aliphatic rings. The SMILES string of the molecule is COc1cc(NC(=O)Cc2coc3cc(C)c(C)cc23)cc(OC)c1. The molecule has 3 rings (SSSR count). The van der Waals surface area contributed by atoms with Gasteiger partial charge in [-0.3, -0.25) is 4.79 Å². The topological polar surface area (TPSA) is 60.7 Å². The first-order valence-electron chi connectivity index (χ1n) is 8.00. The molecule has 25 heavy (non-hydrogen) atoms. The number of amides is 1. The van der Waals surface area contributed by atoms with Crippen LogP contribution in [0.3, 0.4) is 0 Å². The number of fused-ring (bicyclic) bond motifs is 1. The average Bonchev–Trinajstić information content (AvgIpc) is 2.96. The standard InChI is InChI=1S/C20H21NO4/c1-12-5-18-14(11-25-19(18)6-13(12)2)7-20(22)21-15-8-16(23-3)10-17(9-15)24-4/h5-6,8-11H,7H2,1-4H3,(H,21,22). The molecule has 5 heteroatoms. The summed E-state index contributed by atoms with van der Waals surface area (Å²) in [5.41, 5.74) is 4.63. The number of carbonyl (C=O) groups excluding carboxylic acids is 1. The van der Waals surface area contributed by atoms with E-state index in [1.54, 1.807) is 38.7 Å². The maximum Gasteiger partial charge on any atom is 0.228 e. The predicted molar refractivity (Wildman–Crippen MR) is 97.6 cm³/mol. The minimum Gasteiger partial charge on any atom is -0.497 e. The number of aryl methyl sites for hydroxylation is 2. The summed E-state index contributed by atoms with van der Waals surface area (Å²) < 4.78 is 16.0. The lowest BCUT2D eigenvalue weighted by molar-refractivity contribution is -0.115. The molecular formula is C20H21NO4. The summed E-state index contributed by atoms with van der Waals surface area (Å²) in [5.74, 6) is 1.11. The predicted octanol–water partition coefficient (Wildman–Crippen LogP) is 4.25. The summed E-state index contributed by atoms with van der Waals surface area (Å²) in [5, 5.41) is 3.85. The molecule has 3 aromatic rings. The van der Waals surface area contributed by atoms with Gasteiger partial charge in [-0.25, -0.2) is 0 Å². The van der Waals surface area contributed by atoms with Crippen molar-refractivity contribution in [2.75, 3.05) is 19.5 Å². The molecule has 5 nitrogen and oxygen atoms in total. The molecule has 0 radical (unpaired) electrons. The summed E-state index contributed by atoms with van der Waals surface area (Å²) in [4.78, 5) is 12.4. The number of anilines is 1. The van der Waals surface area contributed by atoms with Gasteiger partial charge in [-0.05, 0) is 37.1 Å². The second kappa shape index (κ2) is 6.89. The molecule has 1 amide bonds. The van der Waals surface area contributed by atoms with Gasteiger partial charge in [0.05, 0.1) is 26.9 Å². The number of benzene rings is 2. The van der Waals surface area contributed by atoms with E-state index >= 15 is 0 Å².